The molecule has 0 atom stereocenters. The molecule has 2 aromatic heterocycles. The number of rotatable bonds is 4. The van der Waals surface area contributed by atoms with Crippen LogP contribution in [0.1, 0.15) is 30.3 Å². The van der Waals surface area contributed by atoms with E-state index in [1.165, 1.54) is 5.69 Å². The third-order valence-electron chi connectivity index (χ3n) is 4.95. The second kappa shape index (κ2) is 6.61. The van der Waals surface area contributed by atoms with E-state index in [1.54, 1.807) is 0 Å². The molecule has 3 heterocycles. The van der Waals surface area contributed by atoms with Crippen molar-refractivity contribution >= 4 is 0 Å². The Labute approximate surface area is 142 Å². The molecule has 5 nitrogen and oxygen atoms in total. The van der Waals surface area contributed by atoms with E-state index in [4.69, 9.17) is 4.98 Å². The number of nitrogens with zero attached hydrogens (tertiary/aromatic N) is 4. The van der Waals surface area contributed by atoms with Gasteiger partial charge in [0.25, 0.3) is 0 Å². The molecule has 1 aromatic carbocycles. The summed E-state index contributed by atoms with van der Waals surface area (Å²) in [6, 6.07) is 14.5. The highest BCUT2D eigenvalue weighted by atomic mass is 15.2. The Morgan fingerprint density at radius 3 is 2.58 bits per heavy atom. The molecule has 3 aromatic rings. The summed E-state index contributed by atoms with van der Waals surface area (Å²) in [4.78, 5) is 7.26. The van der Waals surface area contributed by atoms with E-state index in [0.717, 1.165) is 49.7 Å². The van der Waals surface area contributed by atoms with Gasteiger partial charge >= 0.3 is 0 Å². The quantitative estimate of drug-likeness (QED) is 0.803. The second-order valence-electron chi connectivity index (χ2n) is 6.57. The standard InChI is InChI=1S/C19H23N5/c1-23-11-5-8-17(23)14-24-12-9-16(10-13-24)19-20-18(21-22-19)15-6-3-2-4-7-15/h2-8,11,16H,9-10,12-14H2,1H3,(H,20,21,22). The van der Waals surface area contributed by atoms with Gasteiger partial charge in [-0.15, -0.1) is 0 Å². The summed E-state index contributed by atoms with van der Waals surface area (Å²) >= 11 is 0. The van der Waals surface area contributed by atoms with Crippen LogP contribution in [-0.4, -0.2) is 37.7 Å². The fraction of sp³-hybridized carbons (Fsp3) is 0.368. The second-order valence-corrected chi connectivity index (χ2v) is 6.57. The molecule has 4 rings (SSSR count). The van der Waals surface area contributed by atoms with E-state index in [-0.39, 0.29) is 0 Å². The number of hydrogen-bond donors (Lipinski definition) is 1. The Bertz CT molecular complexity index is 781. The molecule has 5 heteroatoms. The molecule has 0 saturated carbocycles. The van der Waals surface area contributed by atoms with Gasteiger partial charge in [0, 0.05) is 37.0 Å². The lowest BCUT2D eigenvalue weighted by molar-refractivity contribution is 0.198. The molecule has 124 valence electrons. The summed E-state index contributed by atoms with van der Waals surface area (Å²) in [5, 5.41) is 7.56. The molecule has 1 aliphatic heterocycles. The average Bonchev–Trinajstić information content (AvgIpc) is 3.26. The Morgan fingerprint density at radius 2 is 1.88 bits per heavy atom. The van der Waals surface area contributed by atoms with Crippen LogP contribution >= 0.6 is 0 Å². The molecular formula is C19H23N5. The van der Waals surface area contributed by atoms with Gasteiger partial charge in [0.1, 0.15) is 5.82 Å². The van der Waals surface area contributed by atoms with Crippen LogP contribution < -0.4 is 0 Å². The van der Waals surface area contributed by atoms with Gasteiger partial charge in [-0.3, -0.25) is 10.00 Å². The summed E-state index contributed by atoms with van der Waals surface area (Å²) in [6.07, 6.45) is 4.38. The fourth-order valence-corrected chi connectivity index (χ4v) is 3.43. The number of benzene rings is 1. The van der Waals surface area contributed by atoms with Gasteiger partial charge in [0.2, 0.25) is 0 Å². The van der Waals surface area contributed by atoms with Gasteiger partial charge in [-0.05, 0) is 38.1 Å². The highest BCUT2D eigenvalue weighted by Gasteiger charge is 2.23. The van der Waals surface area contributed by atoms with Crippen molar-refractivity contribution in [2.45, 2.75) is 25.3 Å². The first-order valence-electron chi connectivity index (χ1n) is 8.60. The number of aromatic nitrogens is 4. The van der Waals surface area contributed by atoms with E-state index in [1.807, 2.05) is 18.2 Å². The Hall–Kier alpha value is -2.40. The maximum atomic E-state index is 4.73. The molecule has 0 spiro atoms. The first kappa shape index (κ1) is 15.1. The number of H-pyrrole nitrogens is 1. The predicted molar refractivity (Wildman–Crippen MR) is 94.5 cm³/mol. The smallest absolute Gasteiger partial charge is 0.181 e. The molecule has 1 saturated heterocycles. The molecule has 1 fully saturated rings. The van der Waals surface area contributed by atoms with Crippen LogP contribution in [0.4, 0.5) is 0 Å². The third kappa shape index (κ3) is 3.12. The Kier molecular flexibility index (Phi) is 4.17. The van der Waals surface area contributed by atoms with Crippen LogP contribution in [0.15, 0.2) is 48.7 Å². The Morgan fingerprint density at radius 1 is 1.08 bits per heavy atom. The van der Waals surface area contributed by atoms with Crippen LogP contribution in [0.25, 0.3) is 11.4 Å². The van der Waals surface area contributed by atoms with Crippen LogP contribution in [-0.2, 0) is 13.6 Å². The molecule has 0 amide bonds. The molecule has 0 unspecified atom stereocenters. The first-order chi connectivity index (χ1) is 11.8. The lowest BCUT2D eigenvalue weighted by atomic mass is 9.96. The summed E-state index contributed by atoms with van der Waals surface area (Å²) < 4.78 is 2.20. The minimum atomic E-state index is 0.486. The van der Waals surface area contributed by atoms with E-state index in [0.29, 0.717) is 5.92 Å². The van der Waals surface area contributed by atoms with E-state index in [9.17, 15) is 0 Å². The fourth-order valence-electron chi connectivity index (χ4n) is 3.43. The van der Waals surface area contributed by atoms with Crippen molar-refractivity contribution in [2.24, 2.45) is 7.05 Å². The van der Waals surface area contributed by atoms with Gasteiger partial charge in [-0.25, -0.2) is 4.98 Å². The van der Waals surface area contributed by atoms with Gasteiger partial charge in [0.05, 0.1) is 0 Å². The minimum absolute atomic E-state index is 0.486. The summed E-state index contributed by atoms with van der Waals surface area (Å²) in [7, 11) is 2.11. The van der Waals surface area contributed by atoms with Gasteiger partial charge in [0.15, 0.2) is 5.82 Å². The van der Waals surface area contributed by atoms with Crippen molar-refractivity contribution in [2.75, 3.05) is 13.1 Å². The van der Waals surface area contributed by atoms with Crippen molar-refractivity contribution in [3.05, 3.63) is 60.2 Å². The summed E-state index contributed by atoms with van der Waals surface area (Å²) in [6.45, 7) is 3.25. The number of aryl methyl sites for hydroxylation is 1. The third-order valence-corrected chi connectivity index (χ3v) is 4.95. The average molecular weight is 321 g/mol. The van der Waals surface area contributed by atoms with Crippen LogP contribution in [0, 0.1) is 0 Å². The lowest BCUT2D eigenvalue weighted by Gasteiger charge is -2.30. The largest absolute Gasteiger partial charge is 0.353 e. The van der Waals surface area contributed by atoms with Crippen LogP contribution in [0.5, 0.6) is 0 Å². The summed E-state index contributed by atoms with van der Waals surface area (Å²) in [5.41, 5.74) is 2.45. The van der Waals surface area contributed by atoms with E-state index >= 15 is 0 Å². The van der Waals surface area contributed by atoms with Crippen molar-refractivity contribution < 1.29 is 0 Å². The summed E-state index contributed by atoms with van der Waals surface area (Å²) in [5.74, 6) is 2.32. The monoisotopic (exact) mass is 321 g/mol. The zero-order chi connectivity index (χ0) is 16.4. The van der Waals surface area contributed by atoms with Crippen LogP contribution in [0.2, 0.25) is 0 Å². The lowest BCUT2D eigenvalue weighted by Crippen LogP contribution is -2.33. The highest BCUT2D eigenvalue weighted by molar-refractivity contribution is 5.53. The minimum Gasteiger partial charge on any atom is -0.353 e. The predicted octanol–water partition coefficient (Wildman–Crippen LogP) is 3.19. The number of nitrogens with one attached hydrogen (secondary N) is 1. The molecule has 0 radical (unpaired) electrons. The van der Waals surface area contributed by atoms with Gasteiger partial charge in [-0.2, -0.15) is 5.10 Å². The van der Waals surface area contributed by atoms with Gasteiger partial charge in [-0.1, -0.05) is 30.3 Å². The number of piperidine rings is 1. The molecule has 24 heavy (non-hydrogen) atoms. The molecule has 1 N–H and O–H groups in total. The molecule has 0 bridgehead atoms. The molecule has 1 aliphatic rings. The number of hydrogen-bond acceptors (Lipinski definition) is 3. The normalized spacial score (nSPS) is 16.5. The van der Waals surface area contributed by atoms with Crippen molar-refractivity contribution in [1.82, 2.24) is 24.6 Å². The zero-order valence-corrected chi connectivity index (χ0v) is 14.0. The van der Waals surface area contributed by atoms with Crippen molar-refractivity contribution in [3.8, 4) is 11.4 Å². The Balaban J connectivity index is 1.38. The maximum Gasteiger partial charge on any atom is 0.181 e. The SMILES string of the molecule is Cn1cccc1CN1CCC(c2nc(-c3ccccc3)n[nH]2)CC1. The van der Waals surface area contributed by atoms with Crippen LogP contribution in [0.3, 0.4) is 0 Å². The van der Waals surface area contributed by atoms with Crippen molar-refractivity contribution in [3.63, 3.8) is 0 Å². The van der Waals surface area contributed by atoms with Crippen molar-refractivity contribution in [1.29, 1.82) is 0 Å². The van der Waals surface area contributed by atoms with Gasteiger partial charge < -0.3 is 4.57 Å². The zero-order valence-electron chi connectivity index (χ0n) is 14.0. The first-order valence-corrected chi connectivity index (χ1v) is 8.60. The van der Waals surface area contributed by atoms with E-state index in [2.05, 4.69) is 57.2 Å². The number of likely N-dealkylation sites (tertiary alicyclic amines) is 1. The number of aromatic amines is 1. The molecule has 0 aliphatic carbocycles. The maximum absolute atomic E-state index is 4.73. The van der Waals surface area contributed by atoms with E-state index < -0.39 is 0 Å². The highest BCUT2D eigenvalue weighted by Crippen LogP contribution is 2.27. The topological polar surface area (TPSA) is 49.7 Å². The molecular weight excluding hydrogens is 298 g/mol.